The van der Waals surface area contributed by atoms with Gasteiger partial charge >= 0.3 is 0 Å². The van der Waals surface area contributed by atoms with Crippen LogP contribution in [0, 0.1) is 0 Å². The topological polar surface area (TPSA) is 17.1 Å². The molecule has 2 aromatic carbocycles. The molecule has 0 saturated heterocycles. The lowest BCUT2D eigenvalue weighted by Crippen LogP contribution is -1.93. The lowest BCUT2D eigenvalue weighted by molar-refractivity contribution is 0.104. The van der Waals surface area contributed by atoms with Crippen LogP contribution in [0.3, 0.4) is 0 Å². The number of ketones is 1. The molecule has 2 rings (SSSR count). The Hall–Kier alpha value is -2.41. The molecule has 2 aromatic rings. The van der Waals surface area contributed by atoms with Crippen LogP contribution in [0.1, 0.15) is 28.4 Å². The third-order valence-electron chi connectivity index (χ3n) is 2.81. The van der Waals surface area contributed by atoms with Crippen molar-refractivity contribution in [1.82, 2.24) is 0 Å². The first-order valence-corrected chi connectivity index (χ1v) is 6.30. The van der Waals surface area contributed by atoms with Gasteiger partial charge in [-0.1, -0.05) is 72.8 Å². The van der Waals surface area contributed by atoms with Gasteiger partial charge in [-0.15, -0.1) is 0 Å². The summed E-state index contributed by atoms with van der Waals surface area (Å²) in [5.41, 5.74) is 2.87. The highest BCUT2D eigenvalue weighted by Gasteiger charge is 2.00. The van der Waals surface area contributed by atoms with Crippen molar-refractivity contribution in [2.45, 2.75) is 6.92 Å². The van der Waals surface area contributed by atoms with Crippen molar-refractivity contribution in [1.29, 1.82) is 0 Å². The minimum Gasteiger partial charge on any atom is -0.289 e. The molecule has 19 heavy (non-hydrogen) atoms. The molecule has 0 aliphatic rings. The van der Waals surface area contributed by atoms with Crippen LogP contribution in [-0.4, -0.2) is 5.78 Å². The van der Waals surface area contributed by atoms with E-state index in [1.165, 1.54) is 0 Å². The molecule has 0 fully saturated rings. The summed E-state index contributed by atoms with van der Waals surface area (Å²) in [6.45, 7) is 1.98. The standard InChI is InChI=1S/C18H16O/c1-2-8-15-9-6-7-10-16(15)13-14-18(19)17-11-4-3-5-12-17/h2-14H,1H3. The van der Waals surface area contributed by atoms with Crippen LogP contribution in [0.4, 0.5) is 0 Å². The molecule has 1 heteroatoms. The fourth-order valence-corrected chi connectivity index (χ4v) is 1.86. The van der Waals surface area contributed by atoms with Gasteiger partial charge in [-0.2, -0.15) is 0 Å². The van der Waals surface area contributed by atoms with Crippen molar-refractivity contribution >= 4 is 17.9 Å². The van der Waals surface area contributed by atoms with Crippen LogP contribution in [0.2, 0.25) is 0 Å². The molecule has 0 aromatic heterocycles. The Kier molecular flexibility index (Phi) is 4.46. The van der Waals surface area contributed by atoms with E-state index in [1.807, 2.05) is 79.7 Å². The lowest BCUT2D eigenvalue weighted by atomic mass is 10.0. The molecule has 0 saturated carbocycles. The Labute approximate surface area is 113 Å². The minimum atomic E-state index is 0.0240. The maximum Gasteiger partial charge on any atom is 0.185 e. The molecule has 0 spiro atoms. The number of rotatable bonds is 4. The Morgan fingerprint density at radius 3 is 2.05 bits per heavy atom. The van der Waals surface area contributed by atoms with Crippen molar-refractivity contribution in [2.75, 3.05) is 0 Å². The first-order valence-electron chi connectivity index (χ1n) is 6.30. The molecule has 94 valence electrons. The summed E-state index contributed by atoms with van der Waals surface area (Å²) >= 11 is 0. The molecule has 0 radical (unpaired) electrons. The van der Waals surface area contributed by atoms with Crippen molar-refractivity contribution in [3.05, 3.63) is 83.4 Å². The van der Waals surface area contributed by atoms with Gasteiger partial charge in [0.25, 0.3) is 0 Å². The average Bonchev–Trinajstić information content (AvgIpc) is 2.47. The SMILES string of the molecule is CC=Cc1ccccc1C=CC(=O)c1ccccc1. The van der Waals surface area contributed by atoms with Crippen molar-refractivity contribution in [2.24, 2.45) is 0 Å². The van der Waals surface area contributed by atoms with Gasteiger partial charge in [0, 0.05) is 5.56 Å². The Morgan fingerprint density at radius 2 is 1.42 bits per heavy atom. The van der Waals surface area contributed by atoms with E-state index in [9.17, 15) is 4.79 Å². The number of carbonyl (C=O) groups excluding carboxylic acids is 1. The van der Waals surface area contributed by atoms with Gasteiger partial charge in [-0.25, -0.2) is 0 Å². The van der Waals surface area contributed by atoms with Crippen LogP contribution in [0.15, 0.2) is 66.7 Å². The summed E-state index contributed by atoms with van der Waals surface area (Å²) in [7, 11) is 0. The van der Waals surface area contributed by atoms with Crippen LogP contribution in [0.5, 0.6) is 0 Å². The summed E-state index contributed by atoms with van der Waals surface area (Å²) in [5, 5.41) is 0. The second-order valence-corrected chi connectivity index (χ2v) is 4.19. The zero-order valence-electron chi connectivity index (χ0n) is 10.9. The van der Waals surface area contributed by atoms with E-state index in [4.69, 9.17) is 0 Å². The molecule has 1 nitrogen and oxygen atoms in total. The second kappa shape index (κ2) is 6.50. The Morgan fingerprint density at radius 1 is 0.842 bits per heavy atom. The van der Waals surface area contributed by atoms with Crippen molar-refractivity contribution in [3.63, 3.8) is 0 Å². The summed E-state index contributed by atoms with van der Waals surface area (Å²) in [4.78, 5) is 12.0. The maximum atomic E-state index is 12.0. The molecule has 0 unspecified atom stereocenters. The molecule has 0 heterocycles. The highest BCUT2D eigenvalue weighted by molar-refractivity contribution is 6.06. The third-order valence-corrected chi connectivity index (χ3v) is 2.81. The average molecular weight is 248 g/mol. The normalized spacial score (nSPS) is 11.2. The molecule has 0 atom stereocenters. The maximum absolute atomic E-state index is 12.0. The first kappa shape index (κ1) is 13.0. The van der Waals surface area contributed by atoms with E-state index >= 15 is 0 Å². The number of allylic oxidation sites excluding steroid dienone is 2. The van der Waals surface area contributed by atoms with E-state index in [-0.39, 0.29) is 5.78 Å². The third kappa shape index (κ3) is 3.52. The molecular formula is C18H16O. The number of hydrogen-bond donors (Lipinski definition) is 0. The van der Waals surface area contributed by atoms with Crippen LogP contribution >= 0.6 is 0 Å². The van der Waals surface area contributed by atoms with Gasteiger partial charge in [-0.3, -0.25) is 4.79 Å². The van der Waals surface area contributed by atoms with Crippen molar-refractivity contribution < 1.29 is 4.79 Å². The predicted molar refractivity (Wildman–Crippen MR) is 81.0 cm³/mol. The summed E-state index contributed by atoms with van der Waals surface area (Å²) in [6.07, 6.45) is 7.51. The summed E-state index contributed by atoms with van der Waals surface area (Å²) < 4.78 is 0. The Bertz CT molecular complexity index is 607. The van der Waals surface area contributed by atoms with Gasteiger partial charge in [0.1, 0.15) is 0 Å². The van der Waals surface area contributed by atoms with Gasteiger partial charge in [0.15, 0.2) is 5.78 Å². The monoisotopic (exact) mass is 248 g/mol. The second-order valence-electron chi connectivity index (χ2n) is 4.19. The summed E-state index contributed by atoms with van der Waals surface area (Å²) in [5.74, 6) is 0.0240. The number of carbonyl (C=O) groups is 1. The molecule has 0 N–H and O–H groups in total. The molecule has 0 aliphatic carbocycles. The minimum absolute atomic E-state index is 0.0240. The number of hydrogen-bond acceptors (Lipinski definition) is 1. The van der Waals surface area contributed by atoms with Gasteiger partial charge < -0.3 is 0 Å². The van der Waals surface area contributed by atoms with E-state index in [0.717, 1.165) is 11.1 Å². The van der Waals surface area contributed by atoms with Gasteiger partial charge in [0.05, 0.1) is 0 Å². The zero-order chi connectivity index (χ0) is 13.5. The molecule has 0 bridgehead atoms. The smallest absolute Gasteiger partial charge is 0.185 e. The predicted octanol–water partition coefficient (Wildman–Crippen LogP) is 4.62. The summed E-state index contributed by atoms with van der Waals surface area (Å²) in [6, 6.07) is 17.3. The van der Waals surface area contributed by atoms with E-state index < -0.39 is 0 Å². The molecule has 0 aliphatic heterocycles. The van der Waals surface area contributed by atoms with E-state index in [0.29, 0.717) is 5.56 Å². The van der Waals surface area contributed by atoms with Gasteiger partial charge in [-0.05, 0) is 24.1 Å². The molecule has 0 amide bonds. The largest absolute Gasteiger partial charge is 0.289 e. The van der Waals surface area contributed by atoms with Crippen LogP contribution in [0.25, 0.3) is 12.2 Å². The quantitative estimate of drug-likeness (QED) is 0.570. The fourth-order valence-electron chi connectivity index (χ4n) is 1.86. The highest BCUT2D eigenvalue weighted by atomic mass is 16.1. The lowest BCUT2D eigenvalue weighted by Gasteiger charge is -2.00. The highest BCUT2D eigenvalue weighted by Crippen LogP contribution is 2.13. The molecular weight excluding hydrogens is 232 g/mol. The Balaban J connectivity index is 2.22. The fraction of sp³-hybridized carbons (Fsp3) is 0.0556. The van der Waals surface area contributed by atoms with E-state index in [1.54, 1.807) is 6.08 Å². The zero-order valence-corrected chi connectivity index (χ0v) is 10.9. The van der Waals surface area contributed by atoms with Crippen molar-refractivity contribution in [3.8, 4) is 0 Å². The first-order chi connectivity index (χ1) is 9.31. The van der Waals surface area contributed by atoms with Crippen LogP contribution < -0.4 is 0 Å². The van der Waals surface area contributed by atoms with E-state index in [2.05, 4.69) is 0 Å². The number of benzene rings is 2. The van der Waals surface area contributed by atoms with Gasteiger partial charge in [0.2, 0.25) is 0 Å². The van der Waals surface area contributed by atoms with Crippen LogP contribution in [-0.2, 0) is 0 Å².